The van der Waals surface area contributed by atoms with Crippen LogP contribution in [-0.2, 0) is 4.79 Å². The number of rotatable bonds is 9. The molecule has 0 saturated carbocycles. The Morgan fingerprint density at radius 1 is 0.949 bits per heavy atom. The van der Waals surface area contributed by atoms with Gasteiger partial charge < -0.3 is 14.8 Å². The van der Waals surface area contributed by atoms with E-state index in [2.05, 4.69) is 11.4 Å². The molecule has 1 aromatic heterocycles. The van der Waals surface area contributed by atoms with Crippen LogP contribution in [0.1, 0.15) is 22.8 Å². The number of benzene rings is 3. The van der Waals surface area contributed by atoms with E-state index in [1.165, 1.54) is 6.92 Å². The number of carbonyl (C=O) groups excluding carboxylic acids is 2. The molecule has 1 amide bonds. The Bertz CT molecular complexity index is 1570. The minimum atomic E-state index is -0.272. The molecule has 3 aromatic carbocycles. The summed E-state index contributed by atoms with van der Waals surface area (Å²) in [5.74, 6) is 0.781. The van der Waals surface area contributed by atoms with E-state index in [-0.39, 0.29) is 17.4 Å². The third-order valence-corrected chi connectivity index (χ3v) is 7.08. The number of methoxy groups -OCH3 is 2. The largest absolute Gasteiger partial charge is 0.493 e. The standard InChI is InChI=1S/C30H24ClN3O4S/c1-18(35)19-6-11-23(12-7-19)33-29(36)17-39-30-25(16-32)24(21-8-13-27(37-2)28(14-21)38-3)15-26(34-30)20-4-9-22(31)10-5-20/h4-15H,17H2,1-3H3,(H,33,36). The van der Waals surface area contributed by atoms with Crippen molar-refractivity contribution in [2.24, 2.45) is 0 Å². The third kappa shape index (κ3) is 6.58. The van der Waals surface area contributed by atoms with Gasteiger partial charge in [-0.05, 0) is 67.1 Å². The summed E-state index contributed by atoms with van der Waals surface area (Å²) in [6, 6.07) is 23.4. The van der Waals surface area contributed by atoms with Crippen LogP contribution in [0.25, 0.3) is 22.4 Å². The molecule has 0 spiro atoms. The average Bonchev–Trinajstić information content (AvgIpc) is 2.95. The highest BCUT2D eigenvalue weighted by Crippen LogP contribution is 2.38. The second-order valence-corrected chi connectivity index (χ2v) is 9.79. The number of ketones is 1. The van der Waals surface area contributed by atoms with Crippen molar-refractivity contribution < 1.29 is 19.1 Å². The Balaban J connectivity index is 1.69. The predicted octanol–water partition coefficient (Wildman–Crippen LogP) is 6.89. The zero-order chi connectivity index (χ0) is 27.9. The zero-order valence-electron chi connectivity index (χ0n) is 21.4. The van der Waals surface area contributed by atoms with Crippen molar-refractivity contribution in [2.45, 2.75) is 11.9 Å². The second-order valence-electron chi connectivity index (χ2n) is 8.39. The number of thioether (sulfide) groups is 1. The number of nitrogens with one attached hydrogen (secondary N) is 1. The normalized spacial score (nSPS) is 10.4. The van der Waals surface area contributed by atoms with Crippen LogP contribution in [0.4, 0.5) is 5.69 Å². The lowest BCUT2D eigenvalue weighted by Crippen LogP contribution is -2.14. The smallest absolute Gasteiger partial charge is 0.234 e. The number of anilines is 1. The first-order valence-corrected chi connectivity index (χ1v) is 13.2. The molecule has 0 atom stereocenters. The van der Waals surface area contributed by atoms with Crippen molar-refractivity contribution in [2.75, 3.05) is 25.3 Å². The van der Waals surface area contributed by atoms with E-state index in [0.29, 0.717) is 49.6 Å². The first kappa shape index (κ1) is 27.7. The summed E-state index contributed by atoms with van der Waals surface area (Å²) < 4.78 is 10.8. The average molecular weight is 558 g/mol. The van der Waals surface area contributed by atoms with Gasteiger partial charge in [-0.25, -0.2) is 4.98 Å². The molecular formula is C30H24ClN3O4S. The van der Waals surface area contributed by atoms with Gasteiger partial charge in [-0.15, -0.1) is 0 Å². The Morgan fingerprint density at radius 3 is 2.23 bits per heavy atom. The zero-order valence-corrected chi connectivity index (χ0v) is 23.0. The Kier molecular flexibility index (Phi) is 8.87. The number of nitrogens with zero attached hydrogens (tertiary/aromatic N) is 2. The number of Topliss-reactive ketones (excluding diaryl/α,β-unsaturated/α-hetero) is 1. The molecule has 4 aromatic rings. The summed E-state index contributed by atoms with van der Waals surface area (Å²) in [6.45, 7) is 1.48. The van der Waals surface area contributed by atoms with Crippen LogP contribution in [0.3, 0.4) is 0 Å². The third-order valence-electron chi connectivity index (χ3n) is 5.85. The molecule has 0 aliphatic heterocycles. The van der Waals surface area contributed by atoms with Crippen LogP contribution in [0.2, 0.25) is 5.02 Å². The molecule has 0 fully saturated rings. The van der Waals surface area contributed by atoms with Crippen molar-refractivity contribution in [1.82, 2.24) is 4.98 Å². The minimum Gasteiger partial charge on any atom is -0.493 e. The van der Waals surface area contributed by atoms with E-state index >= 15 is 0 Å². The summed E-state index contributed by atoms with van der Waals surface area (Å²) in [7, 11) is 3.10. The second kappa shape index (κ2) is 12.5. The molecule has 0 aliphatic carbocycles. The monoisotopic (exact) mass is 557 g/mol. The van der Waals surface area contributed by atoms with E-state index in [1.807, 2.05) is 24.3 Å². The van der Waals surface area contributed by atoms with E-state index < -0.39 is 0 Å². The molecule has 9 heteroatoms. The predicted molar refractivity (Wildman–Crippen MR) is 154 cm³/mol. The minimum absolute atomic E-state index is 0.0194. The van der Waals surface area contributed by atoms with Gasteiger partial charge in [-0.1, -0.05) is 41.6 Å². The number of carbonyl (C=O) groups is 2. The van der Waals surface area contributed by atoms with Gasteiger partial charge in [0, 0.05) is 27.4 Å². The quantitative estimate of drug-likeness (QED) is 0.176. The van der Waals surface area contributed by atoms with Crippen molar-refractivity contribution in [3.05, 3.63) is 88.9 Å². The molecule has 1 heterocycles. The maximum Gasteiger partial charge on any atom is 0.234 e. The molecule has 7 nitrogen and oxygen atoms in total. The fourth-order valence-corrected chi connectivity index (χ4v) is 4.78. The van der Waals surface area contributed by atoms with Crippen LogP contribution in [-0.4, -0.2) is 36.6 Å². The summed E-state index contributed by atoms with van der Waals surface area (Å²) >= 11 is 7.25. The van der Waals surface area contributed by atoms with E-state index in [0.717, 1.165) is 22.9 Å². The molecule has 0 saturated heterocycles. The van der Waals surface area contributed by atoms with Gasteiger partial charge in [0.15, 0.2) is 17.3 Å². The Labute approximate surface area is 235 Å². The first-order chi connectivity index (χ1) is 18.8. The molecule has 0 bridgehead atoms. The van der Waals surface area contributed by atoms with Gasteiger partial charge in [0.2, 0.25) is 5.91 Å². The molecular weight excluding hydrogens is 534 g/mol. The SMILES string of the molecule is COc1ccc(-c2cc(-c3ccc(Cl)cc3)nc(SCC(=O)Nc3ccc(C(C)=O)cc3)c2C#N)cc1OC. The summed E-state index contributed by atoms with van der Waals surface area (Å²) in [4.78, 5) is 29.0. The molecule has 0 aliphatic rings. The van der Waals surface area contributed by atoms with Crippen molar-refractivity contribution >= 4 is 40.7 Å². The lowest BCUT2D eigenvalue weighted by Gasteiger charge is -2.14. The Morgan fingerprint density at radius 2 is 1.62 bits per heavy atom. The number of amides is 1. The lowest BCUT2D eigenvalue weighted by molar-refractivity contribution is -0.113. The maximum absolute atomic E-state index is 12.8. The van der Waals surface area contributed by atoms with E-state index in [4.69, 9.17) is 26.1 Å². The number of pyridine rings is 1. The molecule has 39 heavy (non-hydrogen) atoms. The number of halogens is 1. The van der Waals surface area contributed by atoms with E-state index in [9.17, 15) is 14.9 Å². The summed E-state index contributed by atoms with van der Waals surface area (Å²) in [6.07, 6.45) is 0. The van der Waals surface area contributed by atoms with Crippen LogP contribution >= 0.6 is 23.4 Å². The summed E-state index contributed by atoms with van der Waals surface area (Å²) in [5.41, 5.74) is 4.27. The van der Waals surface area contributed by atoms with Gasteiger partial charge in [0.05, 0.1) is 31.2 Å². The highest BCUT2D eigenvalue weighted by Gasteiger charge is 2.18. The van der Waals surface area contributed by atoms with Crippen LogP contribution in [0.5, 0.6) is 11.5 Å². The highest BCUT2D eigenvalue weighted by molar-refractivity contribution is 8.00. The topological polar surface area (TPSA) is 101 Å². The molecule has 4 rings (SSSR count). The fourth-order valence-electron chi connectivity index (χ4n) is 3.85. The van der Waals surface area contributed by atoms with Gasteiger partial charge in [-0.2, -0.15) is 5.26 Å². The highest BCUT2D eigenvalue weighted by atomic mass is 35.5. The molecule has 196 valence electrons. The van der Waals surface area contributed by atoms with Crippen LogP contribution in [0, 0.1) is 11.3 Å². The van der Waals surface area contributed by atoms with Gasteiger partial charge in [-0.3, -0.25) is 9.59 Å². The molecule has 0 unspecified atom stereocenters. The lowest BCUT2D eigenvalue weighted by atomic mass is 9.99. The maximum atomic E-state index is 12.8. The van der Waals surface area contributed by atoms with Crippen LogP contribution < -0.4 is 14.8 Å². The van der Waals surface area contributed by atoms with Gasteiger partial charge >= 0.3 is 0 Å². The van der Waals surface area contributed by atoms with Crippen LogP contribution in [0.15, 0.2) is 77.8 Å². The van der Waals surface area contributed by atoms with Gasteiger partial charge in [0.25, 0.3) is 0 Å². The fraction of sp³-hybridized carbons (Fsp3) is 0.133. The first-order valence-electron chi connectivity index (χ1n) is 11.8. The van der Waals surface area contributed by atoms with Gasteiger partial charge in [0.1, 0.15) is 11.1 Å². The number of aromatic nitrogens is 1. The number of ether oxygens (including phenoxy) is 2. The van der Waals surface area contributed by atoms with Crippen molar-refractivity contribution in [3.8, 4) is 40.0 Å². The summed E-state index contributed by atoms with van der Waals surface area (Å²) in [5, 5.41) is 14.0. The number of nitriles is 1. The number of hydrogen-bond donors (Lipinski definition) is 1. The van der Waals surface area contributed by atoms with Crippen molar-refractivity contribution in [3.63, 3.8) is 0 Å². The van der Waals surface area contributed by atoms with E-state index in [1.54, 1.807) is 62.8 Å². The number of hydrogen-bond acceptors (Lipinski definition) is 7. The van der Waals surface area contributed by atoms with Crippen molar-refractivity contribution in [1.29, 1.82) is 5.26 Å². The molecule has 0 radical (unpaired) electrons. The Hall–Kier alpha value is -4.32. The molecule has 1 N–H and O–H groups in total.